The number of hydrogen-bond donors (Lipinski definition) is 2. The van der Waals surface area contributed by atoms with E-state index in [-0.39, 0.29) is 5.56 Å². The molecule has 1 amide bonds. The summed E-state index contributed by atoms with van der Waals surface area (Å²) in [6.07, 6.45) is -4.42. The zero-order valence-corrected chi connectivity index (χ0v) is 11.0. The SMILES string of the molecule is Cc1nc(N)ccc1NC(=O)c1ccc(C(F)(F)F)cc1. The number of aryl methyl sites for hydroxylation is 1. The van der Waals surface area contributed by atoms with Crippen LogP contribution in [0.25, 0.3) is 0 Å². The Morgan fingerprint density at radius 1 is 1.14 bits per heavy atom. The number of nitrogens with one attached hydrogen (secondary N) is 1. The van der Waals surface area contributed by atoms with E-state index in [9.17, 15) is 18.0 Å². The first kappa shape index (κ1) is 14.8. The van der Waals surface area contributed by atoms with Crippen LogP contribution in [0.5, 0.6) is 0 Å². The predicted octanol–water partition coefficient (Wildman–Crippen LogP) is 3.24. The number of carbonyl (C=O) groups is 1. The van der Waals surface area contributed by atoms with E-state index >= 15 is 0 Å². The maximum atomic E-state index is 12.4. The monoisotopic (exact) mass is 295 g/mol. The van der Waals surface area contributed by atoms with E-state index in [2.05, 4.69) is 10.3 Å². The van der Waals surface area contributed by atoms with Crippen LogP contribution in [0.1, 0.15) is 21.6 Å². The molecular weight excluding hydrogens is 283 g/mol. The van der Waals surface area contributed by atoms with Crippen molar-refractivity contribution in [3.8, 4) is 0 Å². The summed E-state index contributed by atoms with van der Waals surface area (Å²) in [5.74, 6) is -0.196. The fraction of sp³-hybridized carbons (Fsp3) is 0.143. The van der Waals surface area contributed by atoms with Gasteiger partial charge >= 0.3 is 6.18 Å². The number of nitrogens with two attached hydrogens (primary N) is 1. The Bertz CT molecular complexity index is 666. The van der Waals surface area contributed by atoms with Crippen LogP contribution in [-0.4, -0.2) is 10.9 Å². The topological polar surface area (TPSA) is 68.0 Å². The number of rotatable bonds is 2. The van der Waals surface area contributed by atoms with Crippen LogP contribution in [-0.2, 0) is 6.18 Å². The maximum absolute atomic E-state index is 12.4. The van der Waals surface area contributed by atoms with Crippen molar-refractivity contribution in [3.63, 3.8) is 0 Å². The Labute approximate surface area is 118 Å². The van der Waals surface area contributed by atoms with Gasteiger partial charge in [0.1, 0.15) is 5.82 Å². The molecule has 110 valence electrons. The molecule has 0 bridgehead atoms. The van der Waals surface area contributed by atoms with Crippen molar-refractivity contribution >= 4 is 17.4 Å². The number of benzene rings is 1. The molecule has 0 spiro atoms. The van der Waals surface area contributed by atoms with Crippen molar-refractivity contribution in [2.45, 2.75) is 13.1 Å². The van der Waals surface area contributed by atoms with E-state index in [1.54, 1.807) is 13.0 Å². The third kappa shape index (κ3) is 3.50. The number of hydrogen-bond acceptors (Lipinski definition) is 3. The first-order valence-electron chi connectivity index (χ1n) is 5.99. The van der Waals surface area contributed by atoms with Crippen molar-refractivity contribution in [3.05, 3.63) is 53.2 Å². The number of alkyl halides is 3. The van der Waals surface area contributed by atoms with Crippen LogP contribution in [0, 0.1) is 6.92 Å². The summed E-state index contributed by atoms with van der Waals surface area (Å²) >= 11 is 0. The minimum atomic E-state index is -4.42. The molecule has 0 atom stereocenters. The summed E-state index contributed by atoms with van der Waals surface area (Å²) in [4.78, 5) is 15.9. The first-order chi connectivity index (χ1) is 9.77. The predicted molar refractivity (Wildman–Crippen MR) is 72.8 cm³/mol. The van der Waals surface area contributed by atoms with Crippen LogP contribution >= 0.6 is 0 Å². The smallest absolute Gasteiger partial charge is 0.384 e. The highest BCUT2D eigenvalue weighted by Gasteiger charge is 2.30. The molecule has 4 nitrogen and oxygen atoms in total. The van der Waals surface area contributed by atoms with Crippen molar-refractivity contribution in [1.82, 2.24) is 4.98 Å². The second kappa shape index (κ2) is 5.43. The normalized spacial score (nSPS) is 11.2. The van der Waals surface area contributed by atoms with Crippen molar-refractivity contribution in [2.75, 3.05) is 11.1 Å². The largest absolute Gasteiger partial charge is 0.416 e. The summed E-state index contributed by atoms with van der Waals surface area (Å²) in [6, 6.07) is 7.08. The molecule has 0 fully saturated rings. The van der Waals surface area contributed by atoms with Crippen molar-refractivity contribution in [2.24, 2.45) is 0 Å². The molecule has 0 aliphatic carbocycles. The number of amides is 1. The highest BCUT2D eigenvalue weighted by atomic mass is 19.4. The summed E-state index contributed by atoms with van der Waals surface area (Å²) in [7, 11) is 0. The summed E-state index contributed by atoms with van der Waals surface area (Å²) < 4.78 is 37.3. The molecule has 7 heteroatoms. The molecule has 0 saturated carbocycles. The molecule has 3 N–H and O–H groups in total. The fourth-order valence-corrected chi connectivity index (χ4v) is 1.72. The second-order valence-electron chi connectivity index (χ2n) is 4.40. The van der Waals surface area contributed by atoms with Gasteiger partial charge < -0.3 is 11.1 Å². The van der Waals surface area contributed by atoms with Gasteiger partial charge in [0.2, 0.25) is 0 Å². The number of nitrogen functional groups attached to an aromatic ring is 1. The molecular formula is C14H12F3N3O. The van der Waals surface area contributed by atoms with Crippen LogP contribution in [0.4, 0.5) is 24.7 Å². The number of anilines is 2. The van der Waals surface area contributed by atoms with Gasteiger partial charge in [0.15, 0.2) is 0 Å². The Balaban J connectivity index is 2.17. The highest BCUT2D eigenvalue weighted by Crippen LogP contribution is 2.29. The number of nitrogens with zero attached hydrogens (tertiary/aromatic N) is 1. The molecule has 0 unspecified atom stereocenters. The number of aromatic nitrogens is 1. The molecule has 1 heterocycles. The van der Waals surface area contributed by atoms with Crippen molar-refractivity contribution < 1.29 is 18.0 Å². The summed E-state index contributed by atoms with van der Waals surface area (Å²) in [5, 5.41) is 2.57. The number of halogens is 3. The lowest BCUT2D eigenvalue weighted by Gasteiger charge is -2.10. The molecule has 0 aliphatic heterocycles. The molecule has 2 aromatic rings. The van der Waals surface area contributed by atoms with E-state index in [1.165, 1.54) is 6.07 Å². The van der Waals surface area contributed by atoms with Crippen molar-refractivity contribution in [1.29, 1.82) is 0 Å². The third-order valence-electron chi connectivity index (χ3n) is 2.83. The van der Waals surface area contributed by atoms with Gasteiger partial charge in [-0.05, 0) is 43.3 Å². The standard InChI is InChI=1S/C14H12F3N3O/c1-8-11(6-7-12(18)19-8)20-13(21)9-2-4-10(5-3-9)14(15,16)17/h2-7H,1H3,(H2,18,19)(H,20,21). The fourth-order valence-electron chi connectivity index (χ4n) is 1.72. The minimum absolute atomic E-state index is 0.124. The zero-order valence-electron chi connectivity index (χ0n) is 11.0. The molecule has 1 aromatic carbocycles. The average molecular weight is 295 g/mol. The van der Waals surface area contributed by atoms with Gasteiger partial charge in [0.25, 0.3) is 5.91 Å². The average Bonchev–Trinajstić information content (AvgIpc) is 2.41. The highest BCUT2D eigenvalue weighted by molar-refractivity contribution is 6.04. The molecule has 1 aromatic heterocycles. The number of carbonyl (C=O) groups excluding carboxylic acids is 1. The molecule has 0 saturated heterocycles. The van der Waals surface area contributed by atoms with E-state index in [0.29, 0.717) is 17.2 Å². The van der Waals surface area contributed by atoms with Crippen LogP contribution in [0.2, 0.25) is 0 Å². The first-order valence-corrected chi connectivity index (χ1v) is 5.99. The van der Waals surface area contributed by atoms with E-state index < -0.39 is 17.6 Å². The zero-order chi connectivity index (χ0) is 15.6. The number of pyridine rings is 1. The summed E-state index contributed by atoms with van der Waals surface area (Å²) in [6.45, 7) is 1.67. The van der Waals surface area contributed by atoms with E-state index in [4.69, 9.17) is 5.73 Å². The Morgan fingerprint density at radius 3 is 2.29 bits per heavy atom. The molecule has 21 heavy (non-hydrogen) atoms. The van der Waals surface area contributed by atoms with Gasteiger partial charge in [-0.3, -0.25) is 4.79 Å². The molecule has 0 aliphatic rings. The lowest BCUT2D eigenvalue weighted by Crippen LogP contribution is -2.14. The van der Waals surface area contributed by atoms with E-state index in [0.717, 1.165) is 24.3 Å². The van der Waals surface area contributed by atoms with Crippen LogP contribution in [0.3, 0.4) is 0 Å². The minimum Gasteiger partial charge on any atom is -0.384 e. The van der Waals surface area contributed by atoms with Crippen LogP contribution in [0.15, 0.2) is 36.4 Å². The quantitative estimate of drug-likeness (QED) is 0.893. The van der Waals surface area contributed by atoms with Gasteiger partial charge in [-0.15, -0.1) is 0 Å². The second-order valence-corrected chi connectivity index (χ2v) is 4.40. The van der Waals surface area contributed by atoms with Gasteiger partial charge in [0, 0.05) is 5.56 Å². The van der Waals surface area contributed by atoms with Crippen LogP contribution < -0.4 is 11.1 Å². The Morgan fingerprint density at radius 2 is 1.76 bits per heavy atom. The lowest BCUT2D eigenvalue weighted by atomic mass is 10.1. The Hall–Kier alpha value is -2.57. The summed E-state index contributed by atoms with van der Waals surface area (Å²) in [5.41, 5.74) is 5.80. The van der Waals surface area contributed by atoms with Gasteiger partial charge in [-0.25, -0.2) is 4.98 Å². The Kier molecular flexibility index (Phi) is 3.84. The lowest BCUT2D eigenvalue weighted by molar-refractivity contribution is -0.137. The maximum Gasteiger partial charge on any atom is 0.416 e. The van der Waals surface area contributed by atoms with Gasteiger partial charge in [0.05, 0.1) is 16.9 Å². The van der Waals surface area contributed by atoms with E-state index in [1.807, 2.05) is 0 Å². The third-order valence-corrected chi connectivity index (χ3v) is 2.83. The molecule has 2 rings (SSSR count). The van der Waals surface area contributed by atoms with Gasteiger partial charge in [-0.2, -0.15) is 13.2 Å². The van der Waals surface area contributed by atoms with Gasteiger partial charge in [-0.1, -0.05) is 0 Å². The molecule has 0 radical (unpaired) electrons.